The van der Waals surface area contributed by atoms with Crippen LogP contribution in [0.25, 0.3) is 11.3 Å². The lowest BCUT2D eigenvalue weighted by atomic mass is 10.1. The van der Waals surface area contributed by atoms with E-state index in [4.69, 9.17) is 16.3 Å². The highest BCUT2D eigenvalue weighted by Gasteiger charge is 2.16. The summed E-state index contributed by atoms with van der Waals surface area (Å²) in [5.74, 6) is -0.0449. The molecule has 124 valence electrons. The minimum atomic E-state index is -3.48. The Bertz CT molecular complexity index is 767. The van der Waals surface area contributed by atoms with Gasteiger partial charge in [0.05, 0.1) is 18.6 Å². The maximum atomic E-state index is 11.4. The minimum Gasteiger partial charge on any atom is -0.381 e. The van der Waals surface area contributed by atoms with Gasteiger partial charge in [0, 0.05) is 24.2 Å². The smallest absolute Gasteiger partial charge is 0.238 e. The lowest BCUT2D eigenvalue weighted by molar-refractivity contribution is 0.151. The third-order valence-electron chi connectivity index (χ3n) is 2.98. The fourth-order valence-corrected chi connectivity index (χ4v) is 2.73. The Morgan fingerprint density at radius 2 is 1.91 bits per heavy atom. The first-order valence-corrected chi connectivity index (χ1v) is 9.35. The summed E-state index contributed by atoms with van der Waals surface area (Å²) >= 11 is 6.25. The lowest BCUT2D eigenvalue weighted by Crippen LogP contribution is -2.14. The average molecular weight is 356 g/mol. The Morgan fingerprint density at radius 3 is 2.52 bits per heavy atom. The molecule has 1 aromatic carbocycles. The molecule has 1 heterocycles. The summed E-state index contributed by atoms with van der Waals surface area (Å²) in [4.78, 5) is 8.36. The molecule has 1 aromatic heterocycles. The molecule has 0 unspecified atom stereocenters. The number of aromatic nitrogens is 2. The molecule has 0 saturated heterocycles. The molecular formula is C15H18ClN3O3S. The number of anilines is 1. The van der Waals surface area contributed by atoms with Crippen LogP contribution in [0.4, 0.5) is 5.95 Å². The zero-order chi connectivity index (χ0) is 16.9. The molecule has 0 aliphatic carbocycles. The van der Waals surface area contributed by atoms with Crippen LogP contribution in [-0.2, 0) is 21.2 Å². The average Bonchev–Trinajstić information content (AvgIpc) is 2.48. The molecule has 0 atom stereocenters. The molecule has 23 heavy (non-hydrogen) atoms. The first-order chi connectivity index (χ1) is 10.9. The second-order valence-corrected chi connectivity index (χ2v) is 6.96. The van der Waals surface area contributed by atoms with Gasteiger partial charge in [-0.2, -0.15) is 4.98 Å². The van der Waals surface area contributed by atoms with Crippen molar-refractivity contribution in [3.05, 3.63) is 41.0 Å². The van der Waals surface area contributed by atoms with Crippen LogP contribution in [-0.4, -0.2) is 37.9 Å². The van der Waals surface area contributed by atoms with Crippen molar-refractivity contribution in [3.63, 3.8) is 0 Å². The zero-order valence-corrected chi connectivity index (χ0v) is 14.5. The second kappa shape index (κ2) is 7.72. The van der Waals surface area contributed by atoms with Gasteiger partial charge in [-0.15, -0.1) is 0 Å². The molecule has 0 saturated carbocycles. The second-order valence-electron chi connectivity index (χ2n) is 4.85. The van der Waals surface area contributed by atoms with E-state index in [-0.39, 0.29) is 11.1 Å². The summed E-state index contributed by atoms with van der Waals surface area (Å²) in [5, 5.41) is 0.213. The molecular weight excluding hydrogens is 338 g/mol. The zero-order valence-electron chi connectivity index (χ0n) is 12.9. The van der Waals surface area contributed by atoms with Crippen molar-refractivity contribution in [3.8, 4) is 11.3 Å². The fourth-order valence-electron chi connectivity index (χ4n) is 2.04. The topological polar surface area (TPSA) is 81.2 Å². The molecule has 2 aromatic rings. The van der Waals surface area contributed by atoms with Crippen molar-refractivity contribution in [1.29, 1.82) is 0 Å². The molecule has 0 bridgehead atoms. The van der Waals surface area contributed by atoms with E-state index in [9.17, 15) is 8.42 Å². The van der Waals surface area contributed by atoms with Gasteiger partial charge >= 0.3 is 0 Å². The van der Waals surface area contributed by atoms with Gasteiger partial charge in [0.2, 0.25) is 16.0 Å². The highest BCUT2D eigenvalue weighted by Crippen LogP contribution is 2.28. The number of nitrogens with one attached hydrogen (secondary N) is 1. The van der Waals surface area contributed by atoms with Crippen LogP contribution in [0.3, 0.4) is 0 Å². The van der Waals surface area contributed by atoms with Crippen LogP contribution in [0.2, 0.25) is 5.15 Å². The predicted octanol–water partition coefficient (Wildman–Crippen LogP) is 2.75. The van der Waals surface area contributed by atoms with Gasteiger partial charge in [-0.05, 0) is 6.92 Å². The van der Waals surface area contributed by atoms with Crippen LogP contribution < -0.4 is 4.72 Å². The van der Waals surface area contributed by atoms with E-state index in [1.165, 1.54) is 0 Å². The van der Waals surface area contributed by atoms with Crippen molar-refractivity contribution in [2.75, 3.05) is 24.2 Å². The van der Waals surface area contributed by atoms with Crippen LogP contribution in [0.15, 0.2) is 30.3 Å². The summed E-state index contributed by atoms with van der Waals surface area (Å²) in [7, 11) is -3.48. The third-order valence-corrected chi connectivity index (χ3v) is 3.85. The highest BCUT2D eigenvalue weighted by molar-refractivity contribution is 7.91. The Kier molecular flexibility index (Phi) is 5.92. The normalized spacial score (nSPS) is 11.4. The third kappa shape index (κ3) is 5.16. The minimum absolute atomic E-state index is 0.0449. The number of sulfonamides is 1. The van der Waals surface area contributed by atoms with E-state index in [0.717, 1.165) is 17.4 Å². The van der Waals surface area contributed by atoms with E-state index >= 15 is 0 Å². The van der Waals surface area contributed by atoms with Crippen LogP contribution in [0.5, 0.6) is 0 Å². The van der Waals surface area contributed by atoms with E-state index in [2.05, 4.69) is 14.7 Å². The maximum absolute atomic E-state index is 11.4. The summed E-state index contributed by atoms with van der Waals surface area (Å²) < 4.78 is 30.4. The molecule has 8 heteroatoms. The molecule has 0 aliphatic rings. The van der Waals surface area contributed by atoms with E-state index in [1.54, 1.807) is 0 Å². The number of benzene rings is 1. The summed E-state index contributed by atoms with van der Waals surface area (Å²) in [5.41, 5.74) is 2.15. The van der Waals surface area contributed by atoms with Crippen LogP contribution in [0.1, 0.15) is 12.5 Å². The Labute approximate surface area is 140 Å². The van der Waals surface area contributed by atoms with Crippen LogP contribution >= 0.6 is 11.6 Å². The number of halogens is 1. The Hall–Kier alpha value is -1.70. The quantitative estimate of drug-likeness (QED) is 0.610. The Morgan fingerprint density at radius 1 is 1.22 bits per heavy atom. The van der Waals surface area contributed by atoms with Gasteiger partial charge in [-0.25, -0.2) is 13.4 Å². The number of nitrogens with zero attached hydrogens (tertiary/aromatic N) is 2. The monoisotopic (exact) mass is 355 g/mol. The van der Waals surface area contributed by atoms with E-state index in [0.29, 0.717) is 25.3 Å². The summed E-state index contributed by atoms with van der Waals surface area (Å²) in [6.45, 7) is 3.00. The molecule has 1 N–H and O–H groups in total. The Balaban J connectivity index is 2.48. The standard InChI is InChI=1S/C15H18ClN3O3S/c1-3-22-10-9-12-13(11-7-5-4-6-8-11)17-15(18-14(12)16)19-23(2,20)21/h4-8H,3,9-10H2,1-2H3,(H,17,18,19). The highest BCUT2D eigenvalue weighted by atomic mass is 35.5. The van der Waals surface area contributed by atoms with E-state index in [1.807, 2.05) is 37.3 Å². The first kappa shape index (κ1) is 17.7. The number of rotatable bonds is 7. The van der Waals surface area contributed by atoms with Crippen molar-refractivity contribution in [2.45, 2.75) is 13.3 Å². The molecule has 2 rings (SSSR count). The van der Waals surface area contributed by atoms with Gasteiger partial charge in [-0.3, -0.25) is 4.72 Å². The fraction of sp³-hybridized carbons (Fsp3) is 0.333. The van der Waals surface area contributed by atoms with Gasteiger partial charge in [0.1, 0.15) is 5.15 Å². The van der Waals surface area contributed by atoms with Gasteiger partial charge < -0.3 is 4.74 Å². The molecule has 0 spiro atoms. The van der Waals surface area contributed by atoms with Crippen molar-refractivity contribution in [2.24, 2.45) is 0 Å². The van der Waals surface area contributed by atoms with Gasteiger partial charge in [0.15, 0.2) is 0 Å². The predicted molar refractivity (Wildman–Crippen MR) is 91.1 cm³/mol. The van der Waals surface area contributed by atoms with Crippen molar-refractivity contribution >= 4 is 27.6 Å². The molecule has 0 radical (unpaired) electrons. The molecule has 6 nitrogen and oxygen atoms in total. The van der Waals surface area contributed by atoms with Gasteiger partial charge in [-0.1, -0.05) is 41.9 Å². The maximum Gasteiger partial charge on any atom is 0.238 e. The first-order valence-electron chi connectivity index (χ1n) is 7.08. The number of hydrogen-bond acceptors (Lipinski definition) is 5. The van der Waals surface area contributed by atoms with Crippen molar-refractivity contribution < 1.29 is 13.2 Å². The molecule has 0 aliphatic heterocycles. The van der Waals surface area contributed by atoms with Gasteiger partial charge in [0.25, 0.3) is 0 Å². The summed E-state index contributed by atoms with van der Waals surface area (Å²) in [6.07, 6.45) is 1.57. The molecule has 0 fully saturated rings. The van der Waals surface area contributed by atoms with Crippen LogP contribution in [0, 0.1) is 0 Å². The largest absolute Gasteiger partial charge is 0.381 e. The van der Waals surface area contributed by atoms with E-state index < -0.39 is 10.0 Å². The number of hydrogen-bond donors (Lipinski definition) is 1. The lowest BCUT2D eigenvalue weighted by Gasteiger charge is -2.13. The molecule has 0 amide bonds. The summed E-state index contributed by atoms with van der Waals surface area (Å²) in [6, 6.07) is 9.41. The number of ether oxygens (including phenoxy) is 1. The van der Waals surface area contributed by atoms with Crippen molar-refractivity contribution in [1.82, 2.24) is 9.97 Å². The SMILES string of the molecule is CCOCCc1c(Cl)nc(NS(C)(=O)=O)nc1-c1ccccc1.